The molecule has 21 heavy (non-hydrogen) atoms. The lowest BCUT2D eigenvalue weighted by molar-refractivity contribution is -0.660. The second-order valence-electron chi connectivity index (χ2n) is 5.22. The van der Waals surface area contributed by atoms with Crippen LogP contribution in [0.2, 0.25) is 0 Å². The molecule has 1 nitrogen and oxygen atoms in total. The summed E-state index contributed by atoms with van der Waals surface area (Å²) in [6.45, 7) is 2.06. The van der Waals surface area contributed by atoms with Crippen molar-refractivity contribution in [2.45, 2.75) is 13.3 Å². The average Bonchev–Trinajstić information content (AvgIpc) is 2.57. The lowest BCUT2D eigenvalue weighted by Crippen LogP contribution is -2.30. The van der Waals surface area contributed by atoms with Crippen molar-refractivity contribution < 1.29 is 7.31 Å². The van der Waals surface area contributed by atoms with Gasteiger partial charge in [0.15, 0.2) is 6.20 Å². The van der Waals surface area contributed by atoms with Gasteiger partial charge in [0.05, 0.1) is 0 Å². The Labute approximate surface area is 129 Å². The molecule has 0 amide bonds. The first-order valence-corrected chi connectivity index (χ1v) is 7.12. The minimum absolute atomic E-state index is 0.673. The van der Waals surface area contributed by atoms with Gasteiger partial charge in [0.1, 0.15) is 7.05 Å². The van der Waals surface area contributed by atoms with E-state index >= 15 is 0 Å². The zero-order valence-electron chi connectivity index (χ0n) is 14.4. The van der Waals surface area contributed by atoms with Crippen LogP contribution in [0, 0.1) is 6.92 Å². The lowest BCUT2D eigenvalue weighted by atomic mass is 9.98. The van der Waals surface area contributed by atoms with E-state index in [2.05, 4.69) is 17.6 Å². The summed E-state index contributed by atoms with van der Waals surface area (Å²) in [7, 11) is 2.01. The Balaban J connectivity index is 2.13. The molecule has 0 aliphatic heterocycles. The second-order valence-corrected chi connectivity index (χ2v) is 5.22. The summed E-state index contributed by atoms with van der Waals surface area (Å²) in [5.41, 5.74) is 4.63. The van der Waals surface area contributed by atoms with Gasteiger partial charge in [-0.15, -0.1) is 0 Å². The quantitative estimate of drug-likeness (QED) is 0.635. The number of hydrogen-bond acceptors (Lipinski definition) is 0. The van der Waals surface area contributed by atoms with Gasteiger partial charge in [-0.3, -0.25) is 0 Å². The van der Waals surface area contributed by atoms with E-state index in [9.17, 15) is 0 Å². The highest BCUT2D eigenvalue weighted by atomic mass is 14.9. The smallest absolute Gasteiger partial charge is 0.201 e. The van der Waals surface area contributed by atoms with E-state index in [0.717, 1.165) is 16.8 Å². The highest BCUT2D eigenvalue weighted by Crippen LogP contribution is 2.23. The van der Waals surface area contributed by atoms with Crippen LogP contribution in [0.15, 0.2) is 72.9 Å². The summed E-state index contributed by atoms with van der Waals surface area (Å²) in [4.78, 5) is 0. The molecule has 0 radical (unpaired) electrons. The number of benzene rings is 2. The van der Waals surface area contributed by atoms with E-state index in [-0.39, 0.29) is 0 Å². The van der Waals surface area contributed by atoms with Crippen molar-refractivity contribution >= 4 is 0 Å². The van der Waals surface area contributed by atoms with Crippen LogP contribution in [0.25, 0.3) is 11.3 Å². The van der Waals surface area contributed by atoms with Crippen molar-refractivity contribution in [1.29, 1.82) is 0 Å². The van der Waals surface area contributed by atoms with Crippen LogP contribution in [-0.2, 0) is 13.4 Å². The van der Waals surface area contributed by atoms with Crippen LogP contribution in [0.5, 0.6) is 0 Å². The average molecular weight is 276 g/mol. The third-order valence-corrected chi connectivity index (χ3v) is 3.63. The molecular weight excluding hydrogens is 254 g/mol. The summed E-state index contributed by atoms with van der Waals surface area (Å²) in [5.74, 6) is 0. The minimum atomic E-state index is -1.52. The van der Waals surface area contributed by atoms with Crippen molar-refractivity contribution in [3.8, 4) is 11.3 Å². The molecule has 0 aliphatic carbocycles. The van der Waals surface area contributed by atoms with Crippen LogP contribution in [-0.4, -0.2) is 0 Å². The fraction of sp³-hybridized carbons (Fsp3) is 0.150. The Morgan fingerprint density at radius 2 is 1.67 bits per heavy atom. The topological polar surface area (TPSA) is 3.88 Å². The second kappa shape index (κ2) is 5.92. The number of aromatic nitrogens is 1. The van der Waals surface area contributed by atoms with E-state index in [0.29, 0.717) is 11.1 Å². The summed E-state index contributed by atoms with van der Waals surface area (Å²) in [5, 5.41) is 0. The van der Waals surface area contributed by atoms with Gasteiger partial charge < -0.3 is 0 Å². The molecular formula is C20H20N+. The molecule has 2 aromatic carbocycles. The van der Waals surface area contributed by atoms with Gasteiger partial charge in [-0.2, -0.15) is 0 Å². The van der Waals surface area contributed by atoms with Crippen LogP contribution in [0.1, 0.15) is 19.4 Å². The Morgan fingerprint density at radius 3 is 2.43 bits per heavy atom. The number of aryl methyl sites for hydroxylation is 2. The molecule has 0 aliphatic rings. The van der Waals surface area contributed by atoms with Gasteiger partial charge in [0, 0.05) is 20.4 Å². The Morgan fingerprint density at radius 1 is 0.905 bits per heavy atom. The molecule has 1 heteroatoms. The van der Waals surface area contributed by atoms with E-state index < -0.39 is 6.37 Å². The SMILES string of the molecule is [2H]C([2H])(c1ccccc1)c1ccc(C)c(-c2cccc[n+]2C)c1. The minimum Gasteiger partial charge on any atom is -0.201 e. The highest BCUT2D eigenvalue weighted by molar-refractivity contribution is 5.62. The van der Waals surface area contributed by atoms with Gasteiger partial charge >= 0.3 is 0 Å². The third kappa shape index (κ3) is 3.03. The molecule has 1 heterocycles. The normalized spacial score (nSPS) is 12.7. The molecule has 0 saturated heterocycles. The van der Waals surface area contributed by atoms with E-state index in [4.69, 9.17) is 2.74 Å². The molecule has 3 aromatic rings. The van der Waals surface area contributed by atoms with Crippen LogP contribution >= 0.6 is 0 Å². The first-order valence-electron chi connectivity index (χ1n) is 8.12. The fourth-order valence-corrected chi connectivity index (χ4v) is 2.47. The fourth-order valence-electron chi connectivity index (χ4n) is 2.47. The first kappa shape index (κ1) is 11.3. The summed E-state index contributed by atoms with van der Waals surface area (Å²) in [6.07, 6.45) is 0.490. The third-order valence-electron chi connectivity index (χ3n) is 3.63. The van der Waals surface area contributed by atoms with Gasteiger partial charge in [0.2, 0.25) is 5.69 Å². The van der Waals surface area contributed by atoms with Crippen LogP contribution < -0.4 is 4.57 Å². The zero-order valence-corrected chi connectivity index (χ0v) is 12.4. The maximum Gasteiger partial charge on any atom is 0.212 e. The Hall–Kier alpha value is -2.41. The highest BCUT2D eigenvalue weighted by Gasteiger charge is 2.12. The summed E-state index contributed by atoms with van der Waals surface area (Å²) < 4.78 is 19.2. The number of hydrogen-bond donors (Lipinski definition) is 0. The van der Waals surface area contributed by atoms with E-state index in [1.807, 2.05) is 73.9 Å². The summed E-state index contributed by atoms with van der Waals surface area (Å²) in [6, 6.07) is 21.2. The molecule has 104 valence electrons. The number of pyridine rings is 1. The predicted octanol–water partition coefficient (Wildman–Crippen LogP) is 4.08. The monoisotopic (exact) mass is 276 g/mol. The van der Waals surface area contributed by atoms with Crippen LogP contribution in [0.3, 0.4) is 0 Å². The van der Waals surface area contributed by atoms with Gasteiger partial charge in [0.25, 0.3) is 0 Å². The molecule has 1 aromatic heterocycles. The first-order chi connectivity index (χ1) is 11.0. The van der Waals surface area contributed by atoms with Gasteiger partial charge in [-0.25, -0.2) is 4.57 Å². The molecule has 0 N–H and O–H groups in total. The maximum absolute atomic E-state index is 8.55. The Bertz CT molecular complexity index is 826. The van der Waals surface area contributed by atoms with Crippen molar-refractivity contribution in [2.75, 3.05) is 0 Å². The molecule has 0 unspecified atom stereocenters. The van der Waals surface area contributed by atoms with Gasteiger partial charge in [-0.1, -0.05) is 42.5 Å². The van der Waals surface area contributed by atoms with Crippen molar-refractivity contribution in [1.82, 2.24) is 0 Å². The van der Waals surface area contributed by atoms with Crippen molar-refractivity contribution in [2.24, 2.45) is 7.05 Å². The summed E-state index contributed by atoms with van der Waals surface area (Å²) >= 11 is 0. The number of rotatable bonds is 3. The van der Waals surface area contributed by atoms with E-state index in [1.165, 1.54) is 0 Å². The molecule has 0 spiro atoms. The predicted molar refractivity (Wildman–Crippen MR) is 87.0 cm³/mol. The van der Waals surface area contributed by atoms with Crippen LogP contribution in [0.4, 0.5) is 0 Å². The molecule has 0 atom stereocenters. The van der Waals surface area contributed by atoms with Crippen molar-refractivity contribution in [3.63, 3.8) is 0 Å². The zero-order chi connectivity index (χ0) is 16.4. The molecule has 3 rings (SSSR count). The maximum atomic E-state index is 8.55. The standard InChI is InChI=1S/C20H20N/c1-16-11-12-18(14-17-8-4-3-5-9-17)15-19(16)20-10-6-7-13-21(20)2/h3-13,15H,14H2,1-2H3/q+1/i14D2. The Kier molecular flexibility index (Phi) is 3.18. The van der Waals surface area contributed by atoms with E-state index in [1.54, 1.807) is 0 Å². The molecule has 0 saturated carbocycles. The molecule has 0 bridgehead atoms. The largest absolute Gasteiger partial charge is 0.212 e. The van der Waals surface area contributed by atoms with Gasteiger partial charge in [-0.05, 0) is 42.1 Å². The number of nitrogens with zero attached hydrogens (tertiary/aromatic N) is 1. The molecule has 0 fully saturated rings. The van der Waals surface area contributed by atoms with Crippen molar-refractivity contribution in [3.05, 3.63) is 89.6 Å². The lowest BCUT2D eigenvalue weighted by Gasteiger charge is -2.08.